The quantitative estimate of drug-likeness (QED) is 0.250. The zero-order valence-electron chi connectivity index (χ0n) is 20.0. The highest BCUT2D eigenvalue weighted by atomic mass is 19.4. The summed E-state index contributed by atoms with van der Waals surface area (Å²) in [5, 5.41) is 23.3. The number of carbonyl (C=O) groups is 2. The third-order valence-electron chi connectivity index (χ3n) is 4.86. The summed E-state index contributed by atoms with van der Waals surface area (Å²) in [5.41, 5.74) is 12.1. The summed E-state index contributed by atoms with van der Waals surface area (Å²) in [6.45, 7) is 0. The molecule has 0 amide bonds. The number of hydrogen-bond acceptors (Lipinski definition) is 6. The van der Waals surface area contributed by atoms with Gasteiger partial charge in [0, 0.05) is 12.4 Å². The van der Waals surface area contributed by atoms with E-state index in [1.54, 1.807) is 18.5 Å². The first-order valence-corrected chi connectivity index (χ1v) is 10.9. The number of aromatic amines is 1. The normalized spacial score (nSPS) is 11.8. The van der Waals surface area contributed by atoms with Gasteiger partial charge in [-0.15, -0.1) is 0 Å². The first-order chi connectivity index (χ1) is 18.6. The molecule has 2 aromatic heterocycles. The second-order valence-corrected chi connectivity index (χ2v) is 7.82. The van der Waals surface area contributed by atoms with Gasteiger partial charge in [-0.3, -0.25) is 4.98 Å². The fourth-order valence-corrected chi connectivity index (χ4v) is 3.05. The predicted octanol–water partition coefficient (Wildman–Crippen LogP) is 5.01. The van der Waals surface area contributed by atoms with Gasteiger partial charge in [0.25, 0.3) is 0 Å². The van der Waals surface area contributed by atoms with Crippen molar-refractivity contribution in [1.82, 2.24) is 15.0 Å². The number of nitrogens with one attached hydrogen (secondary N) is 1. The molecule has 4 rings (SSSR count). The molecule has 0 fully saturated rings. The Morgan fingerprint density at radius 3 is 2.02 bits per heavy atom. The van der Waals surface area contributed by atoms with E-state index in [4.69, 9.17) is 30.8 Å². The Balaban J connectivity index is 0.000000333. The molecule has 9 nitrogen and oxygen atoms in total. The molecule has 0 saturated carbocycles. The molecule has 0 saturated heterocycles. The maximum Gasteiger partial charge on any atom is 0.490 e. The Bertz CT molecular complexity index is 1470. The van der Waals surface area contributed by atoms with E-state index in [0.29, 0.717) is 12.0 Å². The lowest BCUT2D eigenvalue weighted by molar-refractivity contribution is -0.193. The number of rotatable bonds is 4. The van der Waals surface area contributed by atoms with E-state index in [2.05, 4.69) is 27.1 Å². The van der Waals surface area contributed by atoms with Crippen molar-refractivity contribution in [3.8, 4) is 17.2 Å². The van der Waals surface area contributed by atoms with Gasteiger partial charge in [-0.05, 0) is 59.5 Å². The molecule has 0 radical (unpaired) electrons. The topological polar surface area (TPSA) is 166 Å². The van der Waals surface area contributed by atoms with E-state index < -0.39 is 24.3 Å². The number of benzene rings is 2. The molecule has 15 heteroatoms. The summed E-state index contributed by atoms with van der Waals surface area (Å²) >= 11 is 0. The van der Waals surface area contributed by atoms with Crippen LogP contribution < -0.4 is 5.73 Å². The van der Waals surface area contributed by atoms with Crippen LogP contribution in [-0.2, 0) is 16.0 Å². The van der Waals surface area contributed by atoms with Gasteiger partial charge in [-0.25, -0.2) is 14.6 Å². The Kier molecular flexibility index (Phi) is 10.3. The maximum absolute atomic E-state index is 10.6. The lowest BCUT2D eigenvalue weighted by Gasteiger charge is -2.08. The third kappa shape index (κ3) is 9.40. The van der Waals surface area contributed by atoms with Gasteiger partial charge in [-0.2, -0.15) is 31.6 Å². The molecule has 4 aromatic rings. The van der Waals surface area contributed by atoms with Crippen molar-refractivity contribution in [1.29, 1.82) is 5.26 Å². The van der Waals surface area contributed by atoms with Gasteiger partial charge in [0.1, 0.15) is 5.82 Å². The number of nitrogens with two attached hydrogens (primary N) is 1. The van der Waals surface area contributed by atoms with Crippen LogP contribution >= 0.6 is 0 Å². The van der Waals surface area contributed by atoms with Gasteiger partial charge in [0.05, 0.1) is 28.7 Å². The average molecular weight is 567 g/mol. The number of halogens is 6. The molecule has 0 spiro atoms. The minimum atomic E-state index is -5.08. The molecule has 0 aliphatic heterocycles. The van der Waals surface area contributed by atoms with Crippen molar-refractivity contribution in [2.75, 3.05) is 0 Å². The Morgan fingerprint density at radius 2 is 1.50 bits per heavy atom. The van der Waals surface area contributed by atoms with E-state index in [0.717, 1.165) is 33.5 Å². The van der Waals surface area contributed by atoms with Crippen molar-refractivity contribution >= 4 is 23.0 Å². The summed E-state index contributed by atoms with van der Waals surface area (Å²) in [6, 6.07) is 19.5. The molecule has 2 aromatic carbocycles. The van der Waals surface area contributed by atoms with Crippen LogP contribution in [0, 0.1) is 11.3 Å². The van der Waals surface area contributed by atoms with Gasteiger partial charge < -0.3 is 20.9 Å². The van der Waals surface area contributed by atoms with Crippen LogP contribution in [0.15, 0.2) is 67.0 Å². The summed E-state index contributed by atoms with van der Waals surface area (Å²) in [4.78, 5) is 29.8. The first kappa shape index (κ1) is 31.2. The van der Waals surface area contributed by atoms with Crippen molar-refractivity contribution < 1.29 is 46.1 Å². The lowest BCUT2D eigenvalue weighted by Crippen LogP contribution is -2.21. The van der Waals surface area contributed by atoms with Crippen LogP contribution in [0.5, 0.6) is 0 Å². The zero-order chi connectivity index (χ0) is 30.1. The molecule has 0 aliphatic rings. The molecule has 0 unspecified atom stereocenters. The largest absolute Gasteiger partial charge is 0.490 e. The number of pyridine rings is 1. The monoisotopic (exact) mass is 567 g/mol. The summed E-state index contributed by atoms with van der Waals surface area (Å²) in [6.07, 6.45) is -5.99. The van der Waals surface area contributed by atoms with E-state index >= 15 is 0 Å². The first-order valence-electron chi connectivity index (χ1n) is 10.9. The second-order valence-electron chi connectivity index (χ2n) is 7.82. The summed E-state index contributed by atoms with van der Waals surface area (Å²) < 4.78 is 63.5. The predicted molar refractivity (Wildman–Crippen MR) is 128 cm³/mol. The Hall–Kier alpha value is -4.97. The lowest BCUT2D eigenvalue weighted by atomic mass is 10.0. The fourth-order valence-electron chi connectivity index (χ4n) is 3.05. The number of carboxylic acids is 2. The van der Waals surface area contributed by atoms with E-state index in [9.17, 15) is 26.3 Å². The number of hydrogen-bond donors (Lipinski definition) is 4. The van der Waals surface area contributed by atoms with Crippen LogP contribution in [0.4, 0.5) is 26.3 Å². The van der Waals surface area contributed by atoms with Crippen molar-refractivity contribution in [2.24, 2.45) is 5.73 Å². The standard InChI is InChI=1S/C21H17N5.2C2HF3O2/c22-13-15-3-1-2-14(10-15)11-18(23)21-25-19-5-4-17(12-20(19)26-21)16-6-8-24-9-7-16;2*3-2(4,5)1(6)7/h1-10,12,18H,11,23H2,(H,25,26);2*(H,6,7)/t18-;;/m0../s1. The van der Waals surface area contributed by atoms with Gasteiger partial charge in [0.2, 0.25) is 0 Å². The molecular weight excluding hydrogens is 548 g/mol. The van der Waals surface area contributed by atoms with E-state index in [1.807, 2.05) is 42.5 Å². The molecule has 0 bridgehead atoms. The number of fused-ring (bicyclic) bond motifs is 1. The fraction of sp³-hybridized carbons (Fsp3) is 0.160. The number of imidazole rings is 1. The number of nitrogens with zero attached hydrogens (tertiary/aromatic N) is 3. The third-order valence-corrected chi connectivity index (χ3v) is 4.86. The zero-order valence-corrected chi connectivity index (χ0v) is 20.0. The SMILES string of the molecule is N#Cc1cccc(C[C@H](N)c2nc3ccc(-c4ccncc4)cc3[nH]2)c1.O=C(O)C(F)(F)F.O=C(O)C(F)(F)F. The molecule has 2 heterocycles. The highest BCUT2D eigenvalue weighted by Gasteiger charge is 2.38. The highest BCUT2D eigenvalue weighted by molar-refractivity contribution is 5.82. The van der Waals surface area contributed by atoms with Crippen LogP contribution in [0.2, 0.25) is 0 Å². The van der Waals surface area contributed by atoms with Gasteiger partial charge in [0.15, 0.2) is 0 Å². The minimum Gasteiger partial charge on any atom is -0.475 e. The summed E-state index contributed by atoms with van der Waals surface area (Å²) in [7, 11) is 0. The van der Waals surface area contributed by atoms with Gasteiger partial charge >= 0.3 is 24.3 Å². The molecule has 5 N–H and O–H groups in total. The smallest absolute Gasteiger partial charge is 0.475 e. The molecule has 1 atom stereocenters. The Morgan fingerprint density at radius 1 is 0.925 bits per heavy atom. The highest BCUT2D eigenvalue weighted by Crippen LogP contribution is 2.24. The molecule has 40 heavy (non-hydrogen) atoms. The van der Waals surface area contributed by atoms with E-state index in [1.165, 1.54) is 0 Å². The van der Waals surface area contributed by atoms with Crippen LogP contribution in [-0.4, -0.2) is 49.5 Å². The van der Waals surface area contributed by atoms with E-state index in [-0.39, 0.29) is 6.04 Å². The van der Waals surface area contributed by atoms with Crippen LogP contribution in [0.3, 0.4) is 0 Å². The average Bonchev–Trinajstić information content (AvgIpc) is 3.33. The van der Waals surface area contributed by atoms with Crippen molar-refractivity contribution in [3.63, 3.8) is 0 Å². The maximum atomic E-state index is 10.6. The van der Waals surface area contributed by atoms with Crippen LogP contribution in [0.25, 0.3) is 22.2 Å². The number of nitriles is 1. The number of alkyl halides is 6. The number of aromatic nitrogens is 3. The molecule has 210 valence electrons. The van der Waals surface area contributed by atoms with Gasteiger partial charge in [-0.1, -0.05) is 18.2 Å². The summed E-state index contributed by atoms with van der Waals surface area (Å²) in [5.74, 6) is -4.77. The van der Waals surface area contributed by atoms with Crippen molar-refractivity contribution in [3.05, 3.63) is 83.9 Å². The number of carboxylic acid groups (broad SMARTS) is 2. The molecule has 0 aliphatic carbocycles. The minimum absolute atomic E-state index is 0.263. The number of H-pyrrole nitrogens is 1. The Labute approximate surface area is 221 Å². The second kappa shape index (κ2) is 13.2. The van der Waals surface area contributed by atoms with Crippen molar-refractivity contribution in [2.45, 2.75) is 24.8 Å². The number of aliphatic carboxylic acids is 2. The molecular formula is C25H19F6N5O4. The van der Waals surface area contributed by atoms with Crippen LogP contribution in [0.1, 0.15) is 23.0 Å².